The smallest absolute Gasteiger partial charge is 0.270 e. The number of piperidine rings is 1. The van der Waals surface area contributed by atoms with E-state index in [9.17, 15) is 18.5 Å². The van der Waals surface area contributed by atoms with Crippen molar-refractivity contribution >= 4 is 27.1 Å². The molecule has 0 amide bonds. The molecule has 2 aliphatic rings. The van der Waals surface area contributed by atoms with Gasteiger partial charge in [-0.05, 0) is 18.7 Å². The number of nitro benzene ring substituents is 1. The Kier molecular flexibility index (Phi) is 7.57. The Hall–Kier alpha value is -2.86. The number of piperazine rings is 1. The summed E-state index contributed by atoms with van der Waals surface area (Å²) in [7, 11) is -1.90. The number of nitrogens with zero attached hydrogens (tertiary/aromatic N) is 5. The Morgan fingerprint density at radius 2 is 1.68 bits per heavy atom. The van der Waals surface area contributed by atoms with E-state index >= 15 is 0 Å². The van der Waals surface area contributed by atoms with Gasteiger partial charge in [0.1, 0.15) is 4.90 Å². The molecular formula is C23H30N6O4S. The second-order valence-electron chi connectivity index (χ2n) is 8.70. The van der Waals surface area contributed by atoms with E-state index in [2.05, 4.69) is 32.5 Å². The van der Waals surface area contributed by atoms with Crippen molar-refractivity contribution in [3.8, 4) is 0 Å². The molecule has 0 spiro atoms. The van der Waals surface area contributed by atoms with Gasteiger partial charge in [-0.15, -0.1) is 0 Å². The molecule has 0 radical (unpaired) electrons. The van der Waals surface area contributed by atoms with Gasteiger partial charge in [0.15, 0.2) is 0 Å². The normalized spacial score (nSPS) is 18.6. The molecule has 10 nitrogen and oxygen atoms in total. The largest absolute Gasteiger partial charge is 0.306 e. The van der Waals surface area contributed by atoms with Crippen LogP contribution in [0.1, 0.15) is 18.4 Å². The number of benzene rings is 2. The number of rotatable bonds is 7. The van der Waals surface area contributed by atoms with Crippen LogP contribution in [0.5, 0.6) is 0 Å². The molecular weight excluding hydrogens is 456 g/mol. The van der Waals surface area contributed by atoms with Crippen LogP contribution in [0.4, 0.5) is 11.4 Å². The third kappa shape index (κ3) is 5.79. The molecule has 2 aliphatic heterocycles. The van der Waals surface area contributed by atoms with E-state index in [0.717, 1.165) is 44.3 Å². The summed E-state index contributed by atoms with van der Waals surface area (Å²) in [6, 6.07) is 13.9. The van der Waals surface area contributed by atoms with Gasteiger partial charge in [-0.25, -0.2) is 8.42 Å². The minimum atomic E-state index is -3.94. The molecule has 2 saturated heterocycles. The zero-order valence-corrected chi connectivity index (χ0v) is 20.1. The van der Waals surface area contributed by atoms with Gasteiger partial charge in [-0.3, -0.25) is 20.4 Å². The van der Waals surface area contributed by atoms with Crippen LogP contribution in [0.15, 0.2) is 58.5 Å². The number of nitro groups is 1. The van der Waals surface area contributed by atoms with E-state index in [1.54, 1.807) is 0 Å². The van der Waals surface area contributed by atoms with Crippen LogP contribution in [-0.4, -0.2) is 79.5 Å². The number of sulfonamides is 1. The summed E-state index contributed by atoms with van der Waals surface area (Å²) in [6.07, 6.45) is 1.59. The van der Waals surface area contributed by atoms with Crippen molar-refractivity contribution in [3.63, 3.8) is 0 Å². The summed E-state index contributed by atoms with van der Waals surface area (Å²) in [6.45, 7) is 4.34. The van der Waals surface area contributed by atoms with E-state index in [4.69, 9.17) is 0 Å². The van der Waals surface area contributed by atoms with Gasteiger partial charge in [-0.1, -0.05) is 30.3 Å². The van der Waals surface area contributed by atoms with Gasteiger partial charge in [0, 0.05) is 76.5 Å². The van der Waals surface area contributed by atoms with Crippen molar-refractivity contribution in [3.05, 3.63) is 64.2 Å². The second kappa shape index (κ2) is 10.6. The number of hydrazone groups is 1. The standard InChI is InChI=1S/C23H30N6O4S/c1-26-11-9-20(10-12-26)24-25-22-8-7-21(29(30)31)17-23(22)34(32,33)28-15-13-27(14-16-28)18-19-5-3-2-4-6-19/h2-8,17,25H,9-16,18H2,1H3. The molecule has 0 atom stereocenters. The summed E-state index contributed by atoms with van der Waals surface area (Å²) in [5.41, 5.74) is 5.00. The van der Waals surface area contributed by atoms with Gasteiger partial charge in [0.2, 0.25) is 10.0 Å². The lowest BCUT2D eigenvalue weighted by atomic mass is 10.1. The average molecular weight is 487 g/mol. The number of hydrogen-bond donors (Lipinski definition) is 1. The van der Waals surface area contributed by atoms with Crippen molar-refractivity contribution in [1.29, 1.82) is 0 Å². The lowest BCUT2D eigenvalue weighted by molar-refractivity contribution is -0.385. The van der Waals surface area contributed by atoms with Crippen LogP contribution in [-0.2, 0) is 16.6 Å². The first kappa shape index (κ1) is 24.3. The number of anilines is 1. The Morgan fingerprint density at radius 1 is 1.00 bits per heavy atom. The summed E-state index contributed by atoms with van der Waals surface area (Å²) in [5, 5.41) is 15.8. The molecule has 34 heavy (non-hydrogen) atoms. The van der Waals surface area contributed by atoms with Crippen LogP contribution in [0.3, 0.4) is 0 Å². The van der Waals surface area contributed by atoms with Gasteiger partial charge in [0.05, 0.1) is 10.6 Å². The zero-order valence-electron chi connectivity index (χ0n) is 19.3. The van der Waals surface area contributed by atoms with Crippen LogP contribution in [0.25, 0.3) is 0 Å². The van der Waals surface area contributed by atoms with Gasteiger partial charge >= 0.3 is 0 Å². The Bertz CT molecular complexity index is 1140. The lowest BCUT2D eigenvalue weighted by Crippen LogP contribution is -2.48. The Morgan fingerprint density at radius 3 is 2.32 bits per heavy atom. The highest BCUT2D eigenvalue weighted by Crippen LogP contribution is 2.30. The fraction of sp³-hybridized carbons (Fsp3) is 0.435. The highest BCUT2D eigenvalue weighted by atomic mass is 32.2. The van der Waals surface area contributed by atoms with Gasteiger partial charge in [0.25, 0.3) is 5.69 Å². The Labute approximate surface area is 200 Å². The summed E-state index contributed by atoms with van der Waals surface area (Å²) in [5.74, 6) is 0. The molecule has 2 heterocycles. The lowest BCUT2D eigenvalue weighted by Gasteiger charge is -2.34. The van der Waals surface area contributed by atoms with Crippen LogP contribution in [0, 0.1) is 10.1 Å². The van der Waals surface area contributed by atoms with Crippen LogP contribution < -0.4 is 5.43 Å². The first-order valence-electron chi connectivity index (χ1n) is 11.4. The third-order valence-corrected chi connectivity index (χ3v) is 8.21. The highest BCUT2D eigenvalue weighted by molar-refractivity contribution is 7.89. The van der Waals surface area contributed by atoms with Crippen LogP contribution in [0.2, 0.25) is 0 Å². The predicted octanol–water partition coefficient (Wildman–Crippen LogP) is 2.59. The maximum atomic E-state index is 13.5. The molecule has 0 unspecified atom stereocenters. The van der Waals surface area contributed by atoms with E-state index in [1.165, 1.54) is 22.0 Å². The molecule has 2 aromatic rings. The molecule has 2 fully saturated rings. The maximum Gasteiger partial charge on any atom is 0.270 e. The van der Waals surface area contributed by atoms with Crippen LogP contribution >= 0.6 is 0 Å². The third-order valence-electron chi connectivity index (χ3n) is 6.27. The van der Waals surface area contributed by atoms with Crippen molar-refractivity contribution < 1.29 is 13.3 Å². The van der Waals surface area contributed by atoms with Crippen molar-refractivity contribution in [2.24, 2.45) is 5.10 Å². The first-order valence-corrected chi connectivity index (χ1v) is 12.8. The molecule has 0 saturated carbocycles. The van der Waals surface area contributed by atoms with Gasteiger partial charge in [-0.2, -0.15) is 9.41 Å². The fourth-order valence-corrected chi connectivity index (χ4v) is 5.75. The van der Waals surface area contributed by atoms with E-state index in [1.807, 2.05) is 25.2 Å². The molecule has 0 aromatic heterocycles. The van der Waals surface area contributed by atoms with E-state index < -0.39 is 14.9 Å². The van der Waals surface area contributed by atoms with E-state index in [0.29, 0.717) is 26.2 Å². The van der Waals surface area contributed by atoms with Crippen molar-refractivity contribution in [1.82, 2.24) is 14.1 Å². The molecule has 4 rings (SSSR count). The highest BCUT2D eigenvalue weighted by Gasteiger charge is 2.32. The average Bonchev–Trinajstić information content (AvgIpc) is 2.84. The quantitative estimate of drug-likeness (QED) is 0.473. The first-order chi connectivity index (χ1) is 16.3. The minimum Gasteiger partial charge on any atom is -0.306 e. The molecule has 2 aromatic carbocycles. The zero-order chi connectivity index (χ0) is 24.1. The summed E-state index contributed by atoms with van der Waals surface area (Å²) >= 11 is 0. The van der Waals surface area contributed by atoms with Crippen molar-refractivity contribution in [2.45, 2.75) is 24.3 Å². The summed E-state index contributed by atoms with van der Waals surface area (Å²) in [4.78, 5) is 15.1. The molecule has 11 heteroatoms. The summed E-state index contributed by atoms with van der Waals surface area (Å²) < 4.78 is 28.5. The SMILES string of the molecule is CN1CCC(=NNc2ccc([N+](=O)[O-])cc2S(=O)(=O)N2CCN(Cc3ccccc3)CC2)CC1. The predicted molar refractivity (Wildman–Crippen MR) is 131 cm³/mol. The molecule has 0 aliphatic carbocycles. The van der Waals surface area contributed by atoms with E-state index in [-0.39, 0.29) is 16.3 Å². The minimum absolute atomic E-state index is 0.115. The number of hydrogen-bond acceptors (Lipinski definition) is 8. The molecule has 1 N–H and O–H groups in total. The number of likely N-dealkylation sites (tertiary alicyclic amines) is 1. The monoisotopic (exact) mass is 486 g/mol. The second-order valence-corrected chi connectivity index (χ2v) is 10.6. The number of non-ortho nitro benzene ring substituents is 1. The van der Waals surface area contributed by atoms with Gasteiger partial charge < -0.3 is 4.90 Å². The topological polar surface area (TPSA) is 111 Å². The fourth-order valence-electron chi connectivity index (χ4n) is 4.17. The molecule has 182 valence electrons. The van der Waals surface area contributed by atoms with Crippen molar-refractivity contribution in [2.75, 3.05) is 51.7 Å². The number of nitrogens with one attached hydrogen (secondary N) is 1. The maximum absolute atomic E-state index is 13.5. The Balaban J connectivity index is 1.51. The molecule has 0 bridgehead atoms.